The molecule has 2 aliphatic heterocycles. The van der Waals surface area contributed by atoms with Gasteiger partial charge in [-0.2, -0.15) is 0 Å². The van der Waals surface area contributed by atoms with Gasteiger partial charge in [-0.05, 0) is 96.2 Å². The molecule has 4 atom stereocenters. The SMILES string of the molecule is O=C(Nc1ccc(/C=C/c2ccc(NC(=O)[C@@H]3CCCN3C(=O)C3Cc4ccccc43)cc2)cc1)[C@@H]1CCCN1C(=O)C1Cc2ccccc21. The maximum atomic E-state index is 13.3. The van der Waals surface area contributed by atoms with Crippen LogP contribution in [0.4, 0.5) is 11.4 Å². The van der Waals surface area contributed by atoms with Crippen molar-refractivity contribution in [3.63, 3.8) is 0 Å². The van der Waals surface area contributed by atoms with Crippen molar-refractivity contribution in [1.29, 1.82) is 0 Å². The molecule has 4 aromatic carbocycles. The van der Waals surface area contributed by atoms with Crippen LogP contribution in [0.25, 0.3) is 12.2 Å². The molecule has 2 aliphatic carbocycles. The van der Waals surface area contributed by atoms with Crippen LogP contribution >= 0.6 is 0 Å². The van der Waals surface area contributed by atoms with Crippen molar-refractivity contribution in [1.82, 2.24) is 9.80 Å². The Kier molecular flexibility index (Phi) is 8.53. The Morgan fingerprint density at radius 2 is 0.940 bits per heavy atom. The number of carbonyl (C=O) groups excluding carboxylic acids is 4. The molecule has 50 heavy (non-hydrogen) atoms. The lowest BCUT2D eigenvalue weighted by atomic mass is 9.77. The molecule has 252 valence electrons. The van der Waals surface area contributed by atoms with E-state index in [0.29, 0.717) is 37.3 Å². The molecule has 8 rings (SSSR count). The van der Waals surface area contributed by atoms with E-state index >= 15 is 0 Å². The number of benzene rings is 4. The van der Waals surface area contributed by atoms with Gasteiger partial charge in [0.25, 0.3) is 0 Å². The molecule has 4 amide bonds. The molecule has 2 N–H and O–H groups in total. The molecule has 4 aromatic rings. The van der Waals surface area contributed by atoms with E-state index in [-0.39, 0.29) is 35.5 Å². The van der Waals surface area contributed by atoms with Crippen molar-refractivity contribution in [3.8, 4) is 0 Å². The van der Waals surface area contributed by atoms with E-state index in [9.17, 15) is 19.2 Å². The van der Waals surface area contributed by atoms with Crippen LogP contribution < -0.4 is 10.6 Å². The van der Waals surface area contributed by atoms with Gasteiger partial charge in [0, 0.05) is 24.5 Å². The summed E-state index contributed by atoms with van der Waals surface area (Å²) < 4.78 is 0. The molecule has 2 fully saturated rings. The molecule has 0 saturated carbocycles. The summed E-state index contributed by atoms with van der Waals surface area (Å²) in [5.41, 5.74) is 7.96. The van der Waals surface area contributed by atoms with Crippen LogP contribution in [0.2, 0.25) is 0 Å². The fourth-order valence-corrected chi connectivity index (χ4v) is 7.96. The largest absolute Gasteiger partial charge is 0.330 e. The van der Waals surface area contributed by atoms with Crippen molar-refractivity contribution in [2.75, 3.05) is 23.7 Å². The number of hydrogen-bond donors (Lipinski definition) is 2. The number of hydrogen-bond acceptors (Lipinski definition) is 4. The van der Waals surface area contributed by atoms with Crippen molar-refractivity contribution < 1.29 is 19.2 Å². The molecule has 4 aliphatic rings. The van der Waals surface area contributed by atoms with Crippen LogP contribution in [0.3, 0.4) is 0 Å². The van der Waals surface area contributed by atoms with Gasteiger partial charge in [-0.1, -0.05) is 84.9 Å². The lowest BCUT2D eigenvalue weighted by molar-refractivity contribution is -0.138. The second kappa shape index (κ2) is 13.4. The first-order chi connectivity index (χ1) is 24.4. The lowest BCUT2D eigenvalue weighted by Crippen LogP contribution is -2.47. The third kappa shape index (κ3) is 6.10. The van der Waals surface area contributed by atoms with Gasteiger partial charge in [-0.25, -0.2) is 0 Å². The quantitative estimate of drug-likeness (QED) is 0.213. The van der Waals surface area contributed by atoms with Gasteiger partial charge >= 0.3 is 0 Å². The number of amides is 4. The minimum atomic E-state index is -0.451. The van der Waals surface area contributed by atoms with Gasteiger partial charge in [-0.15, -0.1) is 0 Å². The molecular formula is C42H40N4O4. The third-order valence-corrected chi connectivity index (χ3v) is 10.8. The van der Waals surface area contributed by atoms with Gasteiger partial charge in [0.05, 0.1) is 11.8 Å². The Balaban J connectivity index is 0.829. The molecule has 0 radical (unpaired) electrons. The molecule has 2 heterocycles. The Bertz CT molecular complexity index is 1840. The zero-order valence-electron chi connectivity index (χ0n) is 27.9. The molecule has 8 heteroatoms. The third-order valence-electron chi connectivity index (χ3n) is 10.8. The van der Waals surface area contributed by atoms with Crippen molar-refractivity contribution in [2.45, 2.75) is 62.4 Å². The van der Waals surface area contributed by atoms with E-state index < -0.39 is 12.1 Å². The minimum Gasteiger partial charge on any atom is -0.330 e. The number of nitrogens with zero attached hydrogens (tertiary/aromatic N) is 2. The highest BCUT2D eigenvalue weighted by molar-refractivity contribution is 6.00. The predicted molar refractivity (Wildman–Crippen MR) is 194 cm³/mol. The number of likely N-dealkylation sites (tertiary alicyclic amines) is 2. The molecule has 8 nitrogen and oxygen atoms in total. The Morgan fingerprint density at radius 1 is 0.540 bits per heavy atom. The van der Waals surface area contributed by atoms with Crippen molar-refractivity contribution in [2.24, 2.45) is 0 Å². The smallest absolute Gasteiger partial charge is 0.247 e. The number of rotatable bonds is 8. The summed E-state index contributed by atoms with van der Waals surface area (Å²) in [7, 11) is 0. The van der Waals surface area contributed by atoms with Gasteiger partial charge < -0.3 is 20.4 Å². The van der Waals surface area contributed by atoms with Crippen molar-refractivity contribution >= 4 is 47.2 Å². The monoisotopic (exact) mass is 664 g/mol. The normalized spacial score (nSPS) is 21.9. The number of anilines is 2. The lowest BCUT2D eigenvalue weighted by Gasteiger charge is -2.34. The van der Waals surface area contributed by atoms with E-state index in [2.05, 4.69) is 22.8 Å². The molecule has 2 saturated heterocycles. The van der Waals surface area contributed by atoms with E-state index in [4.69, 9.17) is 0 Å². The fraction of sp³-hybridized carbons (Fsp3) is 0.286. The average Bonchev–Trinajstić information content (AvgIpc) is 3.81. The molecule has 0 bridgehead atoms. The Hall–Kier alpha value is -5.50. The standard InChI is InChI=1S/C42H40N4O4/c47-39(37-11-5-23-45(37)41(49)35-25-29-7-1-3-9-33(29)35)43-31-19-15-27(16-20-31)13-14-28-17-21-32(22-18-28)44-40(48)38-12-6-24-46(38)42(50)36-26-30-8-2-4-10-34(30)36/h1-4,7-10,13-22,35-38H,5-6,11-12,23-26H2,(H,43,47)(H,44,48)/b14-13+/t35?,36?,37-,38-/m0/s1. The second-order valence-electron chi connectivity index (χ2n) is 13.8. The molecular weight excluding hydrogens is 624 g/mol. The topological polar surface area (TPSA) is 98.8 Å². The number of nitrogens with one attached hydrogen (secondary N) is 2. The summed E-state index contributed by atoms with van der Waals surface area (Å²) in [6.45, 7) is 1.23. The van der Waals surface area contributed by atoms with E-state index in [1.165, 1.54) is 11.1 Å². The first-order valence-corrected chi connectivity index (χ1v) is 17.7. The van der Waals surface area contributed by atoms with Gasteiger partial charge in [0.1, 0.15) is 12.1 Å². The van der Waals surface area contributed by atoms with Crippen LogP contribution in [-0.4, -0.2) is 58.6 Å². The van der Waals surface area contributed by atoms with Crippen LogP contribution in [0.15, 0.2) is 97.1 Å². The Morgan fingerprint density at radius 3 is 1.34 bits per heavy atom. The molecule has 2 unspecified atom stereocenters. The summed E-state index contributed by atoms with van der Waals surface area (Å²) in [5, 5.41) is 6.03. The van der Waals surface area contributed by atoms with Crippen LogP contribution in [0.5, 0.6) is 0 Å². The minimum absolute atomic E-state index is 0.0557. The van der Waals surface area contributed by atoms with E-state index in [1.54, 1.807) is 9.80 Å². The first-order valence-electron chi connectivity index (χ1n) is 17.7. The molecule has 0 spiro atoms. The zero-order chi connectivity index (χ0) is 34.2. The van der Waals surface area contributed by atoms with Crippen LogP contribution in [-0.2, 0) is 32.0 Å². The summed E-state index contributed by atoms with van der Waals surface area (Å²) in [6, 6.07) is 30.5. The zero-order valence-corrected chi connectivity index (χ0v) is 27.9. The number of fused-ring (bicyclic) bond motifs is 2. The van der Waals surface area contributed by atoms with Gasteiger partial charge in [0.15, 0.2) is 0 Å². The molecule has 0 aromatic heterocycles. The highest BCUT2D eigenvalue weighted by Crippen LogP contribution is 2.39. The average molecular weight is 665 g/mol. The van der Waals surface area contributed by atoms with E-state index in [0.717, 1.165) is 47.9 Å². The van der Waals surface area contributed by atoms with E-state index in [1.807, 2.05) is 97.1 Å². The fourth-order valence-electron chi connectivity index (χ4n) is 7.96. The summed E-state index contributed by atoms with van der Waals surface area (Å²) in [4.78, 5) is 56.6. The predicted octanol–water partition coefficient (Wildman–Crippen LogP) is 6.40. The maximum absolute atomic E-state index is 13.3. The number of carbonyl (C=O) groups is 4. The summed E-state index contributed by atoms with van der Waals surface area (Å²) >= 11 is 0. The van der Waals surface area contributed by atoms with Crippen molar-refractivity contribution in [3.05, 3.63) is 130 Å². The van der Waals surface area contributed by atoms with Gasteiger partial charge in [0.2, 0.25) is 23.6 Å². The highest BCUT2D eigenvalue weighted by atomic mass is 16.2. The second-order valence-corrected chi connectivity index (χ2v) is 13.8. The van der Waals surface area contributed by atoms with Crippen LogP contribution in [0.1, 0.15) is 70.9 Å². The van der Waals surface area contributed by atoms with Crippen LogP contribution in [0, 0.1) is 0 Å². The van der Waals surface area contributed by atoms with Gasteiger partial charge in [-0.3, -0.25) is 19.2 Å². The summed E-state index contributed by atoms with van der Waals surface area (Å²) in [6.07, 6.45) is 8.47. The summed E-state index contributed by atoms with van der Waals surface area (Å²) in [5.74, 6) is -0.459. The maximum Gasteiger partial charge on any atom is 0.247 e. The highest BCUT2D eigenvalue weighted by Gasteiger charge is 2.42. The Labute approximate surface area is 292 Å². The first kappa shape index (κ1) is 31.7.